The van der Waals surface area contributed by atoms with Crippen LogP contribution in [0.1, 0.15) is 12.8 Å². The highest BCUT2D eigenvalue weighted by molar-refractivity contribution is 5.85. The van der Waals surface area contributed by atoms with Crippen LogP contribution in [0.2, 0.25) is 0 Å². The third-order valence-electron chi connectivity index (χ3n) is 2.75. The quantitative estimate of drug-likeness (QED) is 0.877. The monoisotopic (exact) mass is 270 g/mol. The van der Waals surface area contributed by atoms with E-state index >= 15 is 0 Å². The van der Waals surface area contributed by atoms with Crippen molar-refractivity contribution >= 4 is 24.0 Å². The van der Waals surface area contributed by atoms with Gasteiger partial charge < -0.3 is 15.4 Å². The largest absolute Gasteiger partial charge is 0.379 e. The third-order valence-corrected chi connectivity index (χ3v) is 2.75. The van der Waals surface area contributed by atoms with Crippen LogP contribution in [0.3, 0.4) is 0 Å². The Morgan fingerprint density at radius 2 is 2.11 bits per heavy atom. The number of rotatable bonds is 4. The number of carbonyl (C=O) groups is 1. The van der Waals surface area contributed by atoms with E-state index in [1.807, 2.05) is 30.3 Å². The minimum atomic E-state index is 0. The van der Waals surface area contributed by atoms with Crippen molar-refractivity contribution in [2.45, 2.75) is 18.9 Å². The average Bonchev–Trinajstić information content (AvgIpc) is 2.39. The van der Waals surface area contributed by atoms with E-state index in [2.05, 4.69) is 10.6 Å². The van der Waals surface area contributed by atoms with Gasteiger partial charge in [-0.25, -0.2) is 0 Å². The summed E-state index contributed by atoms with van der Waals surface area (Å²) in [6.07, 6.45) is 2.04. The molecule has 0 saturated carbocycles. The van der Waals surface area contributed by atoms with Crippen LogP contribution in [0.4, 0.5) is 5.69 Å². The fraction of sp³-hybridized carbons (Fsp3) is 0.462. The Labute approximate surface area is 114 Å². The molecule has 1 unspecified atom stereocenters. The summed E-state index contributed by atoms with van der Waals surface area (Å²) in [7, 11) is 0. The number of halogens is 1. The molecule has 1 atom stereocenters. The molecule has 0 aliphatic carbocycles. The summed E-state index contributed by atoms with van der Waals surface area (Å²) in [6, 6.07) is 9.89. The maximum atomic E-state index is 11.7. The lowest BCUT2D eigenvalue weighted by molar-refractivity contribution is -0.121. The zero-order chi connectivity index (χ0) is 11.9. The van der Waals surface area contributed by atoms with E-state index in [1.54, 1.807) is 0 Å². The summed E-state index contributed by atoms with van der Waals surface area (Å²) in [5, 5.41) is 6.04. The van der Waals surface area contributed by atoms with Crippen LogP contribution in [0, 0.1) is 0 Å². The fourth-order valence-corrected chi connectivity index (χ4v) is 1.87. The molecular formula is C13H19ClN2O2. The molecule has 4 nitrogen and oxygen atoms in total. The van der Waals surface area contributed by atoms with E-state index in [9.17, 15) is 4.79 Å². The zero-order valence-corrected chi connectivity index (χ0v) is 11.0. The van der Waals surface area contributed by atoms with Crippen LogP contribution in [-0.2, 0) is 9.53 Å². The van der Waals surface area contributed by atoms with Crippen molar-refractivity contribution in [2.75, 3.05) is 25.1 Å². The first kappa shape index (κ1) is 14.8. The first-order valence-corrected chi connectivity index (χ1v) is 6.00. The molecule has 1 saturated heterocycles. The summed E-state index contributed by atoms with van der Waals surface area (Å²) in [6.45, 7) is 1.76. The Morgan fingerprint density at radius 3 is 2.78 bits per heavy atom. The maximum Gasteiger partial charge on any atom is 0.239 e. The molecule has 0 aromatic heterocycles. The van der Waals surface area contributed by atoms with Gasteiger partial charge in [-0.2, -0.15) is 0 Å². The maximum absolute atomic E-state index is 11.7. The van der Waals surface area contributed by atoms with Gasteiger partial charge in [0.15, 0.2) is 0 Å². The Balaban J connectivity index is 0.00000162. The summed E-state index contributed by atoms with van der Waals surface area (Å²) >= 11 is 0. The second kappa shape index (κ2) is 7.95. The lowest BCUT2D eigenvalue weighted by Gasteiger charge is -2.23. The van der Waals surface area contributed by atoms with Crippen LogP contribution in [0.25, 0.3) is 0 Å². The molecule has 1 amide bonds. The zero-order valence-electron chi connectivity index (χ0n) is 10.2. The summed E-state index contributed by atoms with van der Waals surface area (Å²) < 4.78 is 5.31. The van der Waals surface area contributed by atoms with E-state index in [-0.39, 0.29) is 24.4 Å². The van der Waals surface area contributed by atoms with Crippen molar-refractivity contribution in [3.63, 3.8) is 0 Å². The lowest BCUT2D eigenvalue weighted by Crippen LogP contribution is -2.43. The second-order valence-electron chi connectivity index (χ2n) is 4.20. The van der Waals surface area contributed by atoms with E-state index in [1.165, 1.54) is 0 Å². The van der Waals surface area contributed by atoms with Crippen molar-refractivity contribution in [1.29, 1.82) is 0 Å². The number of carbonyl (C=O) groups excluding carboxylic acids is 1. The molecule has 100 valence electrons. The van der Waals surface area contributed by atoms with Crippen molar-refractivity contribution < 1.29 is 9.53 Å². The molecule has 1 aliphatic rings. The highest BCUT2D eigenvalue weighted by atomic mass is 35.5. The molecule has 18 heavy (non-hydrogen) atoms. The SMILES string of the molecule is Cl.O=C(CNc1ccccc1)NC1CCCOC1. The number of nitrogens with one attached hydrogen (secondary N) is 2. The number of para-hydroxylation sites is 1. The molecule has 2 rings (SSSR count). The average molecular weight is 271 g/mol. The molecule has 2 N–H and O–H groups in total. The molecule has 0 radical (unpaired) electrons. The molecule has 0 spiro atoms. The van der Waals surface area contributed by atoms with Gasteiger partial charge in [0.1, 0.15) is 0 Å². The number of amides is 1. The Hall–Kier alpha value is -1.26. The van der Waals surface area contributed by atoms with Gasteiger partial charge >= 0.3 is 0 Å². The van der Waals surface area contributed by atoms with Crippen LogP contribution >= 0.6 is 12.4 Å². The first-order valence-electron chi connectivity index (χ1n) is 6.00. The predicted molar refractivity (Wildman–Crippen MR) is 74.2 cm³/mol. The number of hydrogen-bond donors (Lipinski definition) is 2. The topological polar surface area (TPSA) is 50.4 Å². The standard InChI is InChI=1S/C13H18N2O2.ClH/c16-13(15-12-7-4-8-17-10-12)9-14-11-5-2-1-3-6-11;/h1-3,5-6,12,14H,4,7-10H2,(H,15,16);1H. The Morgan fingerprint density at radius 1 is 1.33 bits per heavy atom. The van der Waals surface area contributed by atoms with Crippen molar-refractivity contribution in [1.82, 2.24) is 5.32 Å². The molecule has 1 aliphatic heterocycles. The lowest BCUT2D eigenvalue weighted by atomic mass is 10.1. The van der Waals surface area contributed by atoms with Gasteiger partial charge in [0.05, 0.1) is 19.2 Å². The number of benzene rings is 1. The number of ether oxygens (including phenoxy) is 1. The molecule has 1 aromatic rings. The predicted octanol–water partition coefficient (Wildman–Crippen LogP) is 1.82. The van der Waals surface area contributed by atoms with Crippen LogP contribution in [0.5, 0.6) is 0 Å². The van der Waals surface area contributed by atoms with Crippen LogP contribution < -0.4 is 10.6 Å². The van der Waals surface area contributed by atoms with Crippen LogP contribution in [-0.4, -0.2) is 31.7 Å². The van der Waals surface area contributed by atoms with Gasteiger partial charge in [-0.1, -0.05) is 18.2 Å². The number of hydrogen-bond acceptors (Lipinski definition) is 3. The smallest absolute Gasteiger partial charge is 0.239 e. The van der Waals surface area contributed by atoms with Gasteiger partial charge in [-0.3, -0.25) is 4.79 Å². The molecule has 1 fully saturated rings. The van der Waals surface area contributed by atoms with Crippen LogP contribution in [0.15, 0.2) is 30.3 Å². The Kier molecular flexibility index (Phi) is 6.54. The minimum Gasteiger partial charge on any atom is -0.379 e. The third kappa shape index (κ3) is 4.94. The van der Waals surface area contributed by atoms with E-state index < -0.39 is 0 Å². The number of anilines is 1. The van der Waals surface area contributed by atoms with Gasteiger partial charge in [0, 0.05) is 12.3 Å². The molecule has 5 heteroatoms. The minimum absolute atomic E-state index is 0. The normalized spacial score (nSPS) is 18.6. The Bertz CT molecular complexity index is 353. The van der Waals surface area contributed by atoms with Gasteiger partial charge in [0.25, 0.3) is 0 Å². The summed E-state index contributed by atoms with van der Waals surface area (Å²) in [5.41, 5.74) is 0.961. The molecule has 0 bridgehead atoms. The van der Waals surface area contributed by atoms with E-state index in [4.69, 9.17) is 4.74 Å². The molecule has 1 aromatic carbocycles. The highest BCUT2D eigenvalue weighted by Gasteiger charge is 2.15. The van der Waals surface area contributed by atoms with Gasteiger partial charge in [0.2, 0.25) is 5.91 Å². The fourth-order valence-electron chi connectivity index (χ4n) is 1.87. The van der Waals surface area contributed by atoms with Crippen molar-refractivity contribution in [2.24, 2.45) is 0 Å². The molecular weight excluding hydrogens is 252 g/mol. The highest BCUT2D eigenvalue weighted by Crippen LogP contribution is 2.06. The summed E-state index contributed by atoms with van der Waals surface area (Å²) in [4.78, 5) is 11.7. The molecule has 1 heterocycles. The van der Waals surface area contributed by atoms with Crippen molar-refractivity contribution in [3.05, 3.63) is 30.3 Å². The van der Waals surface area contributed by atoms with Gasteiger partial charge in [-0.05, 0) is 25.0 Å². The van der Waals surface area contributed by atoms with E-state index in [0.717, 1.165) is 25.1 Å². The van der Waals surface area contributed by atoms with Gasteiger partial charge in [-0.15, -0.1) is 12.4 Å². The first-order chi connectivity index (χ1) is 8.34. The van der Waals surface area contributed by atoms with E-state index in [0.29, 0.717) is 13.2 Å². The second-order valence-corrected chi connectivity index (χ2v) is 4.20. The van der Waals surface area contributed by atoms with Crippen molar-refractivity contribution in [3.8, 4) is 0 Å². The summed E-state index contributed by atoms with van der Waals surface area (Å²) in [5.74, 6) is 0.0179.